The first-order chi connectivity index (χ1) is 6.97. The van der Waals surface area contributed by atoms with Gasteiger partial charge in [0.15, 0.2) is 5.57 Å². The largest absolute Gasteiger partial charge is 0.465 e. The van der Waals surface area contributed by atoms with Gasteiger partial charge in [-0.3, -0.25) is 4.79 Å². The second kappa shape index (κ2) is 4.25. The minimum atomic E-state index is -1.01. The number of allylic oxidation sites excluding steroid dienone is 1. The summed E-state index contributed by atoms with van der Waals surface area (Å²) in [4.78, 5) is 33.5. The van der Waals surface area contributed by atoms with E-state index in [0.717, 1.165) is 7.11 Å². The fraction of sp³-hybridized carbons (Fsp3) is 0.500. The van der Waals surface area contributed by atoms with Crippen molar-refractivity contribution in [2.24, 2.45) is 5.92 Å². The fourth-order valence-corrected chi connectivity index (χ4v) is 1.26. The molecule has 0 unspecified atom stereocenters. The molecule has 0 saturated carbocycles. The molecule has 0 N–H and O–H groups in total. The topological polar surface area (TPSA) is 69.7 Å². The molecule has 1 rings (SSSR count). The van der Waals surface area contributed by atoms with Crippen LogP contribution in [-0.4, -0.2) is 24.8 Å². The van der Waals surface area contributed by atoms with Crippen LogP contribution >= 0.6 is 0 Å². The summed E-state index contributed by atoms with van der Waals surface area (Å²) in [5, 5.41) is 0. The first-order valence-electron chi connectivity index (χ1n) is 4.55. The smallest absolute Gasteiger partial charge is 0.385 e. The maximum absolute atomic E-state index is 11.3. The number of rotatable bonds is 3. The van der Waals surface area contributed by atoms with Crippen molar-refractivity contribution in [3.05, 3.63) is 11.3 Å². The molecule has 0 aromatic carbocycles. The lowest BCUT2D eigenvalue weighted by atomic mass is 10.0. The molecule has 0 saturated heterocycles. The molecule has 0 spiro atoms. The number of esters is 2. The molecule has 0 aromatic heterocycles. The van der Waals surface area contributed by atoms with E-state index in [0.29, 0.717) is 6.42 Å². The van der Waals surface area contributed by atoms with E-state index >= 15 is 0 Å². The van der Waals surface area contributed by atoms with E-state index in [2.05, 4.69) is 4.74 Å². The van der Waals surface area contributed by atoms with Gasteiger partial charge in [0.05, 0.1) is 7.11 Å². The Labute approximate surface area is 87.0 Å². The summed E-state index contributed by atoms with van der Waals surface area (Å²) in [6, 6.07) is 0. The van der Waals surface area contributed by atoms with Crippen LogP contribution in [-0.2, 0) is 23.9 Å². The van der Waals surface area contributed by atoms with Crippen molar-refractivity contribution in [1.29, 1.82) is 0 Å². The lowest BCUT2D eigenvalue weighted by Gasteiger charge is -2.05. The number of ether oxygens (including phenoxy) is 2. The summed E-state index contributed by atoms with van der Waals surface area (Å²) in [7, 11) is 1.15. The molecular weight excluding hydrogens is 200 g/mol. The van der Waals surface area contributed by atoms with Crippen molar-refractivity contribution >= 4 is 17.7 Å². The second-order valence-electron chi connectivity index (χ2n) is 3.61. The summed E-state index contributed by atoms with van der Waals surface area (Å²) in [6.07, 6.45) is 0.363. The summed E-state index contributed by atoms with van der Waals surface area (Å²) in [5.41, 5.74) is -0.267. The maximum atomic E-state index is 11.3. The number of carbonyl (C=O) groups is 3. The van der Waals surface area contributed by atoms with Crippen LogP contribution in [0.4, 0.5) is 0 Å². The average molecular weight is 212 g/mol. The lowest BCUT2D eigenvalue weighted by molar-refractivity contribution is -0.147. The van der Waals surface area contributed by atoms with E-state index in [-0.39, 0.29) is 17.3 Å². The zero-order chi connectivity index (χ0) is 11.6. The second-order valence-corrected chi connectivity index (χ2v) is 3.61. The molecule has 1 aliphatic heterocycles. The van der Waals surface area contributed by atoms with Gasteiger partial charge in [-0.05, 0) is 5.92 Å². The van der Waals surface area contributed by atoms with Gasteiger partial charge in [0.25, 0.3) is 5.78 Å². The third-order valence-electron chi connectivity index (χ3n) is 1.89. The third-order valence-corrected chi connectivity index (χ3v) is 1.89. The van der Waals surface area contributed by atoms with Gasteiger partial charge in [0.2, 0.25) is 0 Å². The molecule has 1 aliphatic rings. The van der Waals surface area contributed by atoms with Crippen molar-refractivity contribution < 1.29 is 23.9 Å². The van der Waals surface area contributed by atoms with Crippen molar-refractivity contribution in [1.82, 2.24) is 0 Å². The van der Waals surface area contributed by atoms with Crippen LogP contribution in [0.2, 0.25) is 0 Å². The molecule has 0 bridgehead atoms. The molecule has 5 nitrogen and oxygen atoms in total. The van der Waals surface area contributed by atoms with Crippen molar-refractivity contribution in [2.45, 2.75) is 20.3 Å². The van der Waals surface area contributed by atoms with Gasteiger partial charge < -0.3 is 9.47 Å². The van der Waals surface area contributed by atoms with Gasteiger partial charge in [-0.15, -0.1) is 0 Å². The minimum absolute atomic E-state index is 0.117. The first-order valence-corrected chi connectivity index (χ1v) is 4.55. The molecule has 15 heavy (non-hydrogen) atoms. The fourth-order valence-electron chi connectivity index (χ4n) is 1.26. The van der Waals surface area contributed by atoms with Crippen molar-refractivity contribution in [3.63, 3.8) is 0 Å². The third kappa shape index (κ3) is 2.23. The van der Waals surface area contributed by atoms with Crippen LogP contribution in [0.3, 0.4) is 0 Å². The van der Waals surface area contributed by atoms with Crippen LogP contribution in [0.25, 0.3) is 0 Å². The van der Waals surface area contributed by atoms with Crippen LogP contribution in [0.5, 0.6) is 0 Å². The molecule has 82 valence electrons. The van der Waals surface area contributed by atoms with Crippen LogP contribution in [0, 0.1) is 5.92 Å². The van der Waals surface area contributed by atoms with E-state index in [1.54, 1.807) is 0 Å². The molecular formula is C10H12O5. The molecule has 0 aliphatic carbocycles. The molecule has 1 heterocycles. The van der Waals surface area contributed by atoms with Crippen LogP contribution in [0.15, 0.2) is 11.3 Å². The highest BCUT2D eigenvalue weighted by Gasteiger charge is 2.38. The normalized spacial score (nSPS) is 16.0. The Balaban J connectivity index is 3.03. The van der Waals surface area contributed by atoms with E-state index in [1.165, 1.54) is 0 Å². The predicted molar refractivity (Wildman–Crippen MR) is 49.6 cm³/mol. The Morgan fingerprint density at radius 3 is 2.47 bits per heavy atom. The van der Waals surface area contributed by atoms with Gasteiger partial charge in [-0.2, -0.15) is 0 Å². The van der Waals surface area contributed by atoms with E-state index < -0.39 is 17.7 Å². The van der Waals surface area contributed by atoms with Gasteiger partial charge in [-0.25, -0.2) is 9.59 Å². The number of Topliss-reactive ketones (excluding diaryl/α,β-unsaturated/α-hetero) is 1. The molecule has 0 amide bonds. The highest BCUT2D eigenvalue weighted by atomic mass is 16.6. The van der Waals surface area contributed by atoms with E-state index in [4.69, 9.17) is 4.74 Å². The number of hydrogen-bond donors (Lipinski definition) is 0. The summed E-state index contributed by atoms with van der Waals surface area (Å²) in [6.45, 7) is 3.77. The Hall–Kier alpha value is -1.65. The highest BCUT2D eigenvalue weighted by Crippen LogP contribution is 2.24. The van der Waals surface area contributed by atoms with Crippen LogP contribution < -0.4 is 0 Å². The summed E-state index contributed by atoms with van der Waals surface area (Å²) < 4.78 is 9.13. The summed E-state index contributed by atoms with van der Waals surface area (Å²) >= 11 is 0. The Morgan fingerprint density at radius 2 is 2.00 bits per heavy atom. The number of hydrogen-bond acceptors (Lipinski definition) is 5. The molecule has 0 aromatic rings. The number of carbonyl (C=O) groups excluding carboxylic acids is 3. The molecule has 0 fully saturated rings. The quantitative estimate of drug-likeness (QED) is 0.389. The Morgan fingerprint density at radius 1 is 1.40 bits per heavy atom. The predicted octanol–water partition coefficient (Wildman–Crippen LogP) is 0.585. The number of cyclic esters (lactones) is 1. The average Bonchev–Trinajstić information content (AvgIpc) is 2.41. The van der Waals surface area contributed by atoms with Crippen molar-refractivity contribution in [2.75, 3.05) is 7.11 Å². The zero-order valence-corrected chi connectivity index (χ0v) is 8.83. The monoisotopic (exact) mass is 212 g/mol. The number of methoxy groups -OCH3 is 1. The first kappa shape index (κ1) is 11.4. The maximum Gasteiger partial charge on any atom is 0.385 e. The zero-order valence-electron chi connectivity index (χ0n) is 8.83. The van der Waals surface area contributed by atoms with E-state index in [1.807, 2.05) is 13.8 Å². The highest BCUT2D eigenvalue weighted by molar-refractivity contribution is 6.48. The standard InChI is InChI=1S/C10H12O5/c1-5(2)4-6-7(9(12)14-3)8(11)10(13)15-6/h5H,4H2,1-3H3. The van der Waals surface area contributed by atoms with Gasteiger partial charge in [0, 0.05) is 6.42 Å². The minimum Gasteiger partial charge on any atom is -0.465 e. The Bertz CT molecular complexity index is 351. The van der Waals surface area contributed by atoms with Gasteiger partial charge >= 0.3 is 11.9 Å². The molecule has 0 radical (unpaired) electrons. The van der Waals surface area contributed by atoms with Gasteiger partial charge in [-0.1, -0.05) is 13.8 Å². The van der Waals surface area contributed by atoms with Gasteiger partial charge in [0.1, 0.15) is 5.76 Å². The number of ketones is 1. The molecule has 5 heteroatoms. The molecule has 0 atom stereocenters. The van der Waals surface area contributed by atoms with E-state index in [9.17, 15) is 14.4 Å². The summed E-state index contributed by atoms with van der Waals surface area (Å²) in [5.74, 6) is -2.45. The SMILES string of the molecule is COC(=O)C1=C(CC(C)C)OC(=O)C1=O. The van der Waals surface area contributed by atoms with Crippen LogP contribution in [0.1, 0.15) is 20.3 Å². The Kier molecular flexibility index (Phi) is 3.24. The lowest BCUT2D eigenvalue weighted by Crippen LogP contribution is -2.16. The van der Waals surface area contributed by atoms with Crippen molar-refractivity contribution in [3.8, 4) is 0 Å².